The first-order valence-electron chi connectivity index (χ1n) is 7.48. The molecule has 0 unspecified atom stereocenters. The number of methoxy groups -OCH3 is 1. The van der Waals surface area contributed by atoms with Crippen LogP contribution in [0.5, 0.6) is 11.5 Å². The molecule has 23 heavy (non-hydrogen) atoms. The third-order valence-corrected chi connectivity index (χ3v) is 3.53. The number of nitrogens with one attached hydrogen (secondary N) is 2. The molecule has 0 aromatic heterocycles. The fourth-order valence-corrected chi connectivity index (χ4v) is 2.08. The van der Waals surface area contributed by atoms with Crippen molar-refractivity contribution in [3.8, 4) is 11.5 Å². The van der Waals surface area contributed by atoms with Crippen molar-refractivity contribution in [2.24, 2.45) is 0 Å². The van der Waals surface area contributed by atoms with Crippen molar-refractivity contribution in [2.75, 3.05) is 25.6 Å². The van der Waals surface area contributed by atoms with Gasteiger partial charge in [-0.15, -0.1) is 0 Å². The minimum Gasteiger partial charge on any atom is -0.497 e. The fourth-order valence-electron chi connectivity index (χ4n) is 2.08. The fraction of sp³-hybridized carbons (Fsp3) is 0.278. The van der Waals surface area contributed by atoms with E-state index < -0.39 is 0 Å². The number of hydrogen-bond acceptors (Lipinski definition) is 3. The van der Waals surface area contributed by atoms with Gasteiger partial charge in [-0.3, -0.25) is 0 Å². The van der Waals surface area contributed by atoms with E-state index >= 15 is 0 Å². The molecule has 0 atom stereocenters. The van der Waals surface area contributed by atoms with Crippen molar-refractivity contribution >= 4 is 11.7 Å². The molecule has 0 saturated heterocycles. The Hall–Kier alpha value is -2.69. The lowest BCUT2D eigenvalue weighted by atomic mass is 10.1. The number of amides is 2. The van der Waals surface area contributed by atoms with Crippen LogP contribution in [0.4, 0.5) is 10.5 Å². The van der Waals surface area contributed by atoms with Gasteiger partial charge in [-0.05, 0) is 43.2 Å². The van der Waals surface area contributed by atoms with E-state index in [4.69, 9.17) is 9.47 Å². The summed E-state index contributed by atoms with van der Waals surface area (Å²) in [6.07, 6.45) is 0. The van der Waals surface area contributed by atoms with Crippen LogP contribution in [0.25, 0.3) is 0 Å². The summed E-state index contributed by atoms with van der Waals surface area (Å²) in [5.41, 5.74) is 2.98. The monoisotopic (exact) mass is 314 g/mol. The maximum atomic E-state index is 11.8. The molecule has 0 aliphatic heterocycles. The standard InChI is InChI=1S/C18H22N2O3/c1-13-6-4-9-17(14(13)2)23-11-10-19-18(21)20-15-7-5-8-16(12-15)22-3/h4-9,12H,10-11H2,1-3H3,(H2,19,20,21). The van der Waals surface area contributed by atoms with Crippen molar-refractivity contribution < 1.29 is 14.3 Å². The van der Waals surface area contributed by atoms with Crippen LogP contribution in [0.15, 0.2) is 42.5 Å². The number of carbonyl (C=O) groups excluding carboxylic acids is 1. The van der Waals surface area contributed by atoms with E-state index in [0.29, 0.717) is 24.6 Å². The van der Waals surface area contributed by atoms with Crippen molar-refractivity contribution in [3.63, 3.8) is 0 Å². The van der Waals surface area contributed by atoms with E-state index in [2.05, 4.69) is 10.6 Å². The van der Waals surface area contributed by atoms with Crippen molar-refractivity contribution in [3.05, 3.63) is 53.6 Å². The molecule has 2 aromatic carbocycles. The Morgan fingerprint density at radius 3 is 2.70 bits per heavy atom. The summed E-state index contributed by atoms with van der Waals surface area (Å²) >= 11 is 0. The Labute approximate surface area is 136 Å². The number of ether oxygens (including phenoxy) is 2. The summed E-state index contributed by atoms with van der Waals surface area (Å²) < 4.78 is 10.8. The van der Waals surface area contributed by atoms with E-state index in [0.717, 1.165) is 11.3 Å². The molecule has 0 spiro atoms. The largest absolute Gasteiger partial charge is 0.497 e. The van der Waals surface area contributed by atoms with Crippen LogP contribution in [0.2, 0.25) is 0 Å². The number of benzene rings is 2. The molecule has 2 N–H and O–H groups in total. The molecule has 2 amide bonds. The molecule has 0 aliphatic rings. The Bertz CT molecular complexity index is 671. The van der Waals surface area contributed by atoms with Crippen LogP contribution < -0.4 is 20.1 Å². The van der Waals surface area contributed by atoms with Crippen LogP contribution in [0.3, 0.4) is 0 Å². The van der Waals surface area contributed by atoms with Crippen LogP contribution in [-0.2, 0) is 0 Å². The van der Waals surface area contributed by atoms with Crippen LogP contribution in [-0.4, -0.2) is 26.3 Å². The zero-order valence-corrected chi connectivity index (χ0v) is 13.7. The van der Waals surface area contributed by atoms with E-state index in [1.807, 2.05) is 44.2 Å². The van der Waals surface area contributed by atoms with Gasteiger partial charge in [-0.25, -0.2) is 4.79 Å². The second-order valence-corrected chi connectivity index (χ2v) is 5.16. The molecule has 2 aromatic rings. The van der Waals surface area contributed by atoms with Gasteiger partial charge in [0.1, 0.15) is 18.1 Å². The highest BCUT2D eigenvalue weighted by Crippen LogP contribution is 2.20. The molecular weight excluding hydrogens is 292 g/mol. The average Bonchev–Trinajstić information content (AvgIpc) is 2.55. The third-order valence-electron chi connectivity index (χ3n) is 3.53. The minimum absolute atomic E-state index is 0.275. The zero-order chi connectivity index (χ0) is 16.7. The highest BCUT2D eigenvalue weighted by molar-refractivity contribution is 5.89. The molecule has 0 bridgehead atoms. The van der Waals surface area contributed by atoms with Gasteiger partial charge in [0.15, 0.2) is 0 Å². The smallest absolute Gasteiger partial charge is 0.319 e. The Balaban J connectivity index is 1.75. The van der Waals surface area contributed by atoms with E-state index in [1.165, 1.54) is 5.56 Å². The molecule has 0 saturated carbocycles. The first-order valence-corrected chi connectivity index (χ1v) is 7.48. The van der Waals surface area contributed by atoms with Crippen molar-refractivity contribution in [2.45, 2.75) is 13.8 Å². The topological polar surface area (TPSA) is 59.6 Å². The Kier molecular flexibility index (Phi) is 5.86. The van der Waals surface area contributed by atoms with Gasteiger partial charge in [-0.1, -0.05) is 18.2 Å². The van der Waals surface area contributed by atoms with E-state index in [-0.39, 0.29) is 6.03 Å². The summed E-state index contributed by atoms with van der Waals surface area (Å²) in [5.74, 6) is 1.54. The normalized spacial score (nSPS) is 10.0. The molecule has 5 nitrogen and oxygen atoms in total. The van der Waals surface area contributed by atoms with Gasteiger partial charge in [0.25, 0.3) is 0 Å². The van der Waals surface area contributed by atoms with Crippen molar-refractivity contribution in [1.29, 1.82) is 0 Å². The molecule has 5 heteroatoms. The number of hydrogen-bond donors (Lipinski definition) is 2. The summed E-state index contributed by atoms with van der Waals surface area (Å²) in [4.78, 5) is 11.8. The molecule has 122 valence electrons. The van der Waals surface area contributed by atoms with E-state index in [9.17, 15) is 4.79 Å². The second kappa shape index (κ2) is 8.08. The number of carbonyl (C=O) groups is 1. The molecule has 0 heterocycles. The van der Waals surface area contributed by atoms with Crippen LogP contribution >= 0.6 is 0 Å². The second-order valence-electron chi connectivity index (χ2n) is 5.16. The lowest BCUT2D eigenvalue weighted by molar-refractivity contribution is 0.247. The highest BCUT2D eigenvalue weighted by atomic mass is 16.5. The summed E-state index contributed by atoms with van der Waals surface area (Å²) in [7, 11) is 1.59. The molecular formula is C18H22N2O3. The first kappa shape index (κ1) is 16.7. The van der Waals surface area contributed by atoms with Gasteiger partial charge in [-0.2, -0.15) is 0 Å². The molecule has 0 fully saturated rings. The maximum absolute atomic E-state index is 11.8. The highest BCUT2D eigenvalue weighted by Gasteiger charge is 2.04. The van der Waals surface area contributed by atoms with Crippen LogP contribution in [0.1, 0.15) is 11.1 Å². The van der Waals surface area contributed by atoms with Gasteiger partial charge >= 0.3 is 6.03 Å². The number of aryl methyl sites for hydroxylation is 1. The molecule has 2 rings (SSSR count). The van der Waals surface area contributed by atoms with Gasteiger partial charge in [0.05, 0.1) is 13.7 Å². The number of urea groups is 1. The summed E-state index contributed by atoms with van der Waals surface area (Å²) in [6, 6.07) is 12.9. The van der Waals surface area contributed by atoms with Crippen LogP contribution in [0, 0.1) is 13.8 Å². The van der Waals surface area contributed by atoms with Gasteiger partial charge in [0, 0.05) is 11.8 Å². The van der Waals surface area contributed by atoms with Gasteiger partial charge in [0.2, 0.25) is 0 Å². The number of anilines is 1. The maximum Gasteiger partial charge on any atom is 0.319 e. The minimum atomic E-state index is -0.275. The first-order chi connectivity index (χ1) is 11.1. The molecule has 0 radical (unpaired) electrons. The summed E-state index contributed by atoms with van der Waals surface area (Å²) in [5, 5.41) is 5.51. The lowest BCUT2D eigenvalue weighted by Crippen LogP contribution is -2.32. The molecule has 0 aliphatic carbocycles. The predicted octanol–water partition coefficient (Wildman–Crippen LogP) is 3.51. The number of rotatable bonds is 6. The predicted molar refractivity (Wildman–Crippen MR) is 91.4 cm³/mol. The average molecular weight is 314 g/mol. The Morgan fingerprint density at radius 1 is 1.13 bits per heavy atom. The van der Waals surface area contributed by atoms with Crippen molar-refractivity contribution in [1.82, 2.24) is 5.32 Å². The Morgan fingerprint density at radius 2 is 1.91 bits per heavy atom. The summed E-state index contributed by atoms with van der Waals surface area (Å²) in [6.45, 7) is 4.90. The zero-order valence-electron chi connectivity index (χ0n) is 13.7. The van der Waals surface area contributed by atoms with E-state index in [1.54, 1.807) is 19.2 Å². The SMILES string of the molecule is COc1cccc(NC(=O)NCCOc2cccc(C)c2C)c1. The third kappa shape index (κ3) is 4.92. The van der Waals surface area contributed by atoms with Gasteiger partial charge < -0.3 is 20.1 Å². The lowest BCUT2D eigenvalue weighted by Gasteiger charge is -2.12. The quantitative estimate of drug-likeness (QED) is 0.802.